The van der Waals surface area contributed by atoms with Crippen molar-refractivity contribution in [2.45, 2.75) is 31.7 Å². The third-order valence-electron chi connectivity index (χ3n) is 8.12. The van der Waals surface area contributed by atoms with Crippen molar-refractivity contribution in [2.75, 3.05) is 16.8 Å². The van der Waals surface area contributed by atoms with Gasteiger partial charge in [0.1, 0.15) is 23.0 Å². The molecule has 9 heteroatoms. The lowest BCUT2D eigenvalue weighted by Crippen LogP contribution is -2.37. The number of nitrogens with zero attached hydrogens (tertiary/aromatic N) is 2. The molecule has 2 heterocycles. The zero-order chi connectivity index (χ0) is 31.7. The molecule has 0 radical (unpaired) electrons. The largest absolute Gasteiger partial charge is 0.457 e. The normalized spacial score (nSPS) is 16.6. The highest BCUT2D eigenvalue weighted by Crippen LogP contribution is 2.35. The Labute approximate surface area is 260 Å². The van der Waals surface area contributed by atoms with Gasteiger partial charge in [0, 0.05) is 17.6 Å². The molecule has 2 aliphatic heterocycles. The summed E-state index contributed by atoms with van der Waals surface area (Å²) < 4.78 is 12.0. The Bertz CT molecular complexity index is 1780. The minimum atomic E-state index is -0.493. The van der Waals surface area contributed by atoms with Gasteiger partial charge in [0.2, 0.25) is 5.91 Å². The van der Waals surface area contributed by atoms with E-state index in [9.17, 15) is 19.2 Å². The number of anilines is 2. The van der Waals surface area contributed by atoms with Crippen LogP contribution in [-0.2, 0) is 24.6 Å². The fourth-order valence-corrected chi connectivity index (χ4v) is 5.43. The van der Waals surface area contributed by atoms with Crippen LogP contribution in [-0.4, -0.2) is 36.7 Å². The molecule has 1 atom stereocenters. The van der Waals surface area contributed by atoms with Crippen LogP contribution in [0, 0.1) is 0 Å². The molecule has 9 nitrogen and oxygen atoms in total. The summed E-state index contributed by atoms with van der Waals surface area (Å²) in [6.07, 6.45) is 2.66. The van der Waals surface area contributed by atoms with Crippen molar-refractivity contribution >= 4 is 35.0 Å². The minimum absolute atomic E-state index is 0.149. The molecule has 0 aliphatic carbocycles. The van der Waals surface area contributed by atoms with Crippen molar-refractivity contribution < 1.29 is 28.7 Å². The van der Waals surface area contributed by atoms with Gasteiger partial charge in [0.05, 0.1) is 23.8 Å². The Kier molecular flexibility index (Phi) is 7.78. The molecule has 0 aromatic heterocycles. The molecule has 226 valence electrons. The highest BCUT2D eigenvalue weighted by Gasteiger charge is 2.38. The van der Waals surface area contributed by atoms with E-state index in [1.165, 1.54) is 17.1 Å². The molecular formula is C36H31N3O6. The summed E-state index contributed by atoms with van der Waals surface area (Å²) in [5.74, 6) is 1.30. The number of hydrogen-bond donors (Lipinski definition) is 1. The number of carbonyl (C=O) groups excluding carboxylic acids is 4. The van der Waals surface area contributed by atoms with Crippen molar-refractivity contribution in [1.82, 2.24) is 5.32 Å². The van der Waals surface area contributed by atoms with Crippen LogP contribution in [0.25, 0.3) is 0 Å². The number of likely N-dealkylation sites (N-methyl/N-ethyl adjacent to an activating group) is 1. The van der Waals surface area contributed by atoms with Crippen LogP contribution in [0.4, 0.5) is 11.4 Å². The molecule has 4 aromatic carbocycles. The monoisotopic (exact) mass is 601 g/mol. The third kappa shape index (κ3) is 5.85. The van der Waals surface area contributed by atoms with Crippen LogP contribution >= 0.6 is 0 Å². The summed E-state index contributed by atoms with van der Waals surface area (Å²) in [4.78, 5) is 50.9. The number of amides is 4. The summed E-state index contributed by atoms with van der Waals surface area (Å²) in [7, 11) is 1.67. The van der Waals surface area contributed by atoms with Gasteiger partial charge >= 0.3 is 0 Å². The van der Waals surface area contributed by atoms with E-state index in [1.807, 2.05) is 48.5 Å². The van der Waals surface area contributed by atoms with Crippen molar-refractivity contribution in [3.8, 4) is 23.0 Å². The molecule has 1 fully saturated rings. The van der Waals surface area contributed by atoms with Crippen LogP contribution in [0.15, 0.2) is 109 Å². The van der Waals surface area contributed by atoms with Crippen molar-refractivity contribution in [2.24, 2.45) is 0 Å². The van der Waals surface area contributed by atoms with Crippen molar-refractivity contribution in [3.63, 3.8) is 0 Å². The summed E-state index contributed by atoms with van der Waals surface area (Å²) in [6.45, 7) is 4.29. The van der Waals surface area contributed by atoms with Gasteiger partial charge in [0.15, 0.2) is 0 Å². The summed E-state index contributed by atoms with van der Waals surface area (Å²) >= 11 is 0. The Morgan fingerprint density at radius 2 is 0.978 bits per heavy atom. The SMILES string of the molecule is CNC1CC(=O)N(c2ccc(Oc3ccc(C(C)(C)c4ccc(Oc5ccc(N6C(=O)C=CC6=O)cc5)cc4)cc3)cc2)C1=O. The number of rotatable bonds is 9. The second-order valence-corrected chi connectivity index (χ2v) is 11.3. The Hall–Kier alpha value is -5.54. The van der Waals surface area contributed by atoms with E-state index in [-0.39, 0.29) is 35.5 Å². The molecular weight excluding hydrogens is 570 g/mol. The molecule has 0 bridgehead atoms. The summed E-state index contributed by atoms with van der Waals surface area (Å²) in [5, 5.41) is 2.87. The van der Waals surface area contributed by atoms with Crippen LogP contribution in [0.3, 0.4) is 0 Å². The van der Waals surface area contributed by atoms with E-state index >= 15 is 0 Å². The number of hydrogen-bond acceptors (Lipinski definition) is 7. The highest BCUT2D eigenvalue weighted by molar-refractivity contribution is 6.28. The summed E-state index contributed by atoms with van der Waals surface area (Å²) in [6, 6.07) is 29.0. The topological polar surface area (TPSA) is 105 Å². The van der Waals surface area contributed by atoms with Crippen molar-refractivity contribution in [1.29, 1.82) is 0 Å². The van der Waals surface area contributed by atoms with Gasteiger partial charge in [-0.1, -0.05) is 38.1 Å². The lowest BCUT2D eigenvalue weighted by atomic mass is 9.78. The number of benzene rings is 4. The number of imide groups is 2. The average molecular weight is 602 g/mol. The average Bonchev–Trinajstić information content (AvgIpc) is 3.54. The molecule has 4 aromatic rings. The number of carbonyl (C=O) groups is 4. The van der Waals surface area contributed by atoms with E-state index in [0.29, 0.717) is 34.4 Å². The quantitative estimate of drug-likeness (QED) is 0.239. The number of ether oxygens (including phenoxy) is 2. The molecule has 1 N–H and O–H groups in total. The second kappa shape index (κ2) is 11.9. The third-order valence-corrected chi connectivity index (χ3v) is 8.12. The van der Waals surface area contributed by atoms with Gasteiger partial charge in [-0.15, -0.1) is 0 Å². The molecule has 0 spiro atoms. The first-order valence-corrected chi connectivity index (χ1v) is 14.5. The Balaban J connectivity index is 1.08. The van der Waals surface area contributed by atoms with E-state index in [2.05, 4.69) is 19.2 Å². The molecule has 1 saturated heterocycles. The minimum Gasteiger partial charge on any atom is -0.457 e. The first kappa shape index (κ1) is 29.5. The van der Waals surface area contributed by atoms with Crippen LogP contribution in [0.1, 0.15) is 31.4 Å². The first-order valence-electron chi connectivity index (χ1n) is 14.5. The highest BCUT2D eigenvalue weighted by atomic mass is 16.5. The van der Waals surface area contributed by atoms with E-state index in [0.717, 1.165) is 16.0 Å². The zero-order valence-electron chi connectivity index (χ0n) is 25.0. The maximum absolute atomic E-state index is 12.5. The molecule has 4 amide bonds. The predicted molar refractivity (Wildman–Crippen MR) is 170 cm³/mol. The first-order chi connectivity index (χ1) is 21.6. The van der Waals surface area contributed by atoms with Gasteiger partial charge in [0.25, 0.3) is 17.7 Å². The van der Waals surface area contributed by atoms with E-state index in [1.54, 1.807) is 55.6 Å². The Morgan fingerprint density at radius 3 is 1.36 bits per heavy atom. The van der Waals surface area contributed by atoms with Gasteiger partial charge in [-0.2, -0.15) is 0 Å². The zero-order valence-corrected chi connectivity index (χ0v) is 25.0. The maximum atomic E-state index is 12.5. The maximum Gasteiger partial charge on any atom is 0.258 e. The lowest BCUT2D eigenvalue weighted by molar-refractivity contribution is -0.122. The van der Waals surface area contributed by atoms with Gasteiger partial charge in [-0.25, -0.2) is 9.80 Å². The molecule has 6 rings (SSSR count). The number of nitrogens with one attached hydrogen (secondary N) is 1. The van der Waals surface area contributed by atoms with Gasteiger partial charge < -0.3 is 14.8 Å². The van der Waals surface area contributed by atoms with Crippen LogP contribution < -0.4 is 24.6 Å². The van der Waals surface area contributed by atoms with Crippen molar-refractivity contribution in [3.05, 3.63) is 120 Å². The molecule has 0 saturated carbocycles. The molecule has 1 unspecified atom stereocenters. The molecule has 2 aliphatic rings. The summed E-state index contributed by atoms with van der Waals surface area (Å²) in [5.41, 5.74) is 2.90. The lowest BCUT2D eigenvalue weighted by Gasteiger charge is -2.26. The second-order valence-electron chi connectivity index (χ2n) is 11.3. The van der Waals surface area contributed by atoms with Gasteiger partial charge in [-0.3, -0.25) is 19.2 Å². The van der Waals surface area contributed by atoms with Crippen LogP contribution in [0.2, 0.25) is 0 Å². The van der Waals surface area contributed by atoms with Crippen LogP contribution in [0.5, 0.6) is 23.0 Å². The smallest absolute Gasteiger partial charge is 0.258 e. The molecule has 45 heavy (non-hydrogen) atoms. The standard InChI is InChI=1S/C36H31N3O6/c1-36(2,23-4-12-27(13-5-23)44-29-16-8-25(9-17-29)38-32(40)20-21-33(38)41)24-6-14-28(15-7-24)45-30-18-10-26(11-19-30)39-34(42)22-31(37-3)35(39)43/h4-21,31,37H,22H2,1-3H3. The fraction of sp³-hybridized carbons (Fsp3) is 0.167. The van der Waals surface area contributed by atoms with E-state index in [4.69, 9.17) is 9.47 Å². The van der Waals surface area contributed by atoms with E-state index < -0.39 is 6.04 Å². The Morgan fingerprint density at radius 1 is 0.600 bits per heavy atom. The van der Waals surface area contributed by atoms with Gasteiger partial charge in [-0.05, 0) is 91.0 Å². The predicted octanol–water partition coefficient (Wildman–Crippen LogP) is 5.88. The fourth-order valence-electron chi connectivity index (χ4n) is 5.43.